The maximum Gasteiger partial charge on any atom is 0.340 e. The zero-order valence-electron chi connectivity index (χ0n) is 23.3. The van der Waals surface area contributed by atoms with Crippen LogP contribution in [0.5, 0.6) is 5.88 Å². The second-order valence-corrected chi connectivity index (χ2v) is 14.2. The summed E-state index contributed by atoms with van der Waals surface area (Å²) in [6.07, 6.45) is 4.80. The average molecular weight is 554 g/mol. The first-order valence-electron chi connectivity index (χ1n) is 13.0. The molecule has 11 heteroatoms. The van der Waals surface area contributed by atoms with Crippen molar-refractivity contribution >= 4 is 38.2 Å². The second kappa shape index (κ2) is 9.12. The van der Waals surface area contributed by atoms with Gasteiger partial charge in [-0.05, 0) is 56.8 Å². The fourth-order valence-corrected chi connectivity index (χ4v) is 6.74. The van der Waals surface area contributed by atoms with Gasteiger partial charge in [-0.1, -0.05) is 13.8 Å². The zero-order valence-corrected chi connectivity index (χ0v) is 24.1. The fourth-order valence-electron chi connectivity index (χ4n) is 5.24. The van der Waals surface area contributed by atoms with E-state index in [4.69, 9.17) is 20.2 Å². The Morgan fingerprint density at radius 2 is 1.85 bits per heavy atom. The molecule has 3 N–H and O–H groups in total. The lowest BCUT2D eigenvalue weighted by Crippen LogP contribution is -2.51. The van der Waals surface area contributed by atoms with Gasteiger partial charge in [-0.2, -0.15) is 0 Å². The van der Waals surface area contributed by atoms with Gasteiger partial charge in [-0.3, -0.25) is 0 Å². The molecule has 1 unspecified atom stereocenters. The molecule has 1 aliphatic heterocycles. The van der Waals surface area contributed by atoms with Crippen molar-refractivity contribution in [2.45, 2.75) is 76.4 Å². The van der Waals surface area contributed by atoms with Gasteiger partial charge in [-0.15, -0.1) is 0 Å². The van der Waals surface area contributed by atoms with E-state index in [0.29, 0.717) is 40.6 Å². The number of carbonyl (C=O) groups is 1. The summed E-state index contributed by atoms with van der Waals surface area (Å²) in [5, 5.41) is 4.34. The Bertz CT molecular complexity index is 1580. The molecule has 1 saturated carbocycles. The topological polar surface area (TPSA) is 146 Å². The van der Waals surface area contributed by atoms with Crippen LogP contribution in [0.1, 0.15) is 75.5 Å². The number of nitrogens with two attached hydrogens (primary N) is 1. The smallest absolute Gasteiger partial charge is 0.340 e. The van der Waals surface area contributed by atoms with Crippen LogP contribution >= 0.6 is 0 Å². The lowest BCUT2D eigenvalue weighted by molar-refractivity contribution is -0.0189. The van der Waals surface area contributed by atoms with Gasteiger partial charge in [0.1, 0.15) is 23.3 Å². The number of aromatic nitrogens is 3. The van der Waals surface area contributed by atoms with Gasteiger partial charge in [-0.25, -0.2) is 28.2 Å². The Morgan fingerprint density at radius 3 is 2.49 bits per heavy atom. The highest BCUT2D eigenvalue weighted by Gasteiger charge is 2.46. The molecule has 39 heavy (non-hydrogen) atoms. The molecule has 0 bridgehead atoms. The molecular formula is C28H35N5O5S. The molecule has 0 amide bonds. The highest BCUT2D eigenvalue weighted by Crippen LogP contribution is 2.40. The number of cyclic esters (lactones) is 1. The third-order valence-electron chi connectivity index (χ3n) is 8.09. The maximum atomic E-state index is 12.5. The number of fused-ring (bicyclic) bond motifs is 2. The number of nitrogens with one attached hydrogen (secondary N) is 1. The largest absolute Gasteiger partial charge is 0.473 e. The molecule has 10 nitrogen and oxygen atoms in total. The number of hydrogen-bond donors (Lipinski definition) is 2. The number of ether oxygens (including phenoxy) is 2. The zero-order chi connectivity index (χ0) is 28.5. The number of rotatable bonds is 6. The number of pyridine rings is 3. The molecule has 2 aliphatic rings. The van der Waals surface area contributed by atoms with E-state index in [1.54, 1.807) is 24.5 Å². The van der Waals surface area contributed by atoms with E-state index in [1.165, 1.54) is 6.26 Å². The molecule has 1 fully saturated rings. The van der Waals surface area contributed by atoms with Gasteiger partial charge in [0.05, 0.1) is 21.9 Å². The maximum absolute atomic E-state index is 12.5. The second-order valence-electron chi connectivity index (χ2n) is 11.9. The molecule has 3 aromatic heterocycles. The lowest BCUT2D eigenvalue weighted by Gasteiger charge is -2.40. The van der Waals surface area contributed by atoms with Crippen molar-refractivity contribution in [1.29, 1.82) is 0 Å². The first kappa shape index (κ1) is 27.3. The summed E-state index contributed by atoms with van der Waals surface area (Å²) in [7, 11) is -3.13. The van der Waals surface area contributed by atoms with Crippen LogP contribution in [0.3, 0.4) is 0 Å². The van der Waals surface area contributed by atoms with Gasteiger partial charge in [0.2, 0.25) is 5.88 Å². The molecule has 0 aromatic carbocycles. The van der Waals surface area contributed by atoms with Gasteiger partial charge in [0, 0.05) is 42.4 Å². The van der Waals surface area contributed by atoms with Gasteiger partial charge in [0.15, 0.2) is 9.84 Å². The molecule has 0 radical (unpaired) electrons. The Balaban J connectivity index is 1.48. The van der Waals surface area contributed by atoms with E-state index in [1.807, 2.05) is 47.6 Å². The number of nitrogens with zero attached hydrogens (tertiary/aromatic N) is 3. The molecule has 0 saturated heterocycles. The minimum atomic E-state index is -3.13. The van der Waals surface area contributed by atoms with Gasteiger partial charge < -0.3 is 20.5 Å². The van der Waals surface area contributed by atoms with Crippen LogP contribution in [0.15, 0.2) is 30.6 Å². The Hall–Kier alpha value is -3.31. The van der Waals surface area contributed by atoms with Crippen LogP contribution in [0, 0.1) is 5.92 Å². The monoisotopic (exact) mass is 553 g/mol. The number of carbonyl (C=O) groups excluding carboxylic acids is 1. The average Bonchev–Trinajstić information content (AvgIpc) is 2.82. The van der Waals surface area contributed by atoms with E-state index < -0.39 is 26.2 Å². The number of hydrogen-bond acceptors (Lipinski definition) is 10. The molecule has 4 heterocycles. The fraction of sp³-hybridized carbons (Fsp3) is 0.500. The number of sulfone groups is 1. The van der Waals surface area contributed by atoms with Crippen LogP contribution in [0.4, 0.5) is 11.6 Å². The van der Waals surface area contributed by atoms with Gasteiger partial charge >= 0.3 is 5.97 Å². The molecule has 5 rings (SSSR count). The van der Waals surface area contributed by atoms with E-state index in [2.05, 4.69) is 15.3 Å². The number of anilines is 2. The molecule has 3 aromatic rings. The summed E-state index contributed by atoms with van der Waals surface area (Å²) < 4.78 is 35.8. The summed E-state index contributed by atoms with van der Waals surface area (Å²) in [5.74, 6) is 0.861. The lowest BCUT2D eigenvalue weighted by atomic mass is 9.82. The van der Waals surface area contributed by atoms with Crippen molar-refractivity contribution in [3.05, 3.63) is 47.4 Å². The predicted octanol–water partition coefficient (Wildman–Crippen LogP) is 4.22. The van der Waals surface area contributed by atoms with Crippen LogP contribution in [0.25, 0.3) is 10.8 Å². The summed E-state index contributed by atoms with van der Waals surface area (Å²) in [6, 6.07) is 5.32. The van der Waals surface area contributed by atoms with Crippen LogP contribution in [0.2, 0.25) is 0 Å². The quantitative estimate of drug-likeness (QED) is 0.425. The van der Waals surface area contributed by atoms with E-state index in [9.17, 15) is 13.2 Å². The summed E-state index contributed by atoms with van der Waals surface area (Å²) in [4.78, 5) is 26.3. The van der Waals surface area contributed by atoms with Crippen LogP contribution in [-0.2, 0) is 20.1 Å². The summed E-state index contributed by atoms with van der Waals surface area (Å²) in [5.41, 5.74) is 7.07. The highest BCUT2D eigenvalue weighted by atomic mass is 32.2. The Kier molecular flexibility index (Phi) is 6.38. The highest BCUT2D eigenvalue weighted by molar-refractivity contribution is 7.91. The molecule has 208 valence electrons. The predicted molar refractivity (Wildman–Crippen MR) is 149 cm³/mol. The molecule has 0 spiro atoms. The van der Waals surface area contributed by atoms with Crippen LogP contribution < -0.4 is 15.8 Å². The SMILES string of the molecule is C[C@@H]1c2nc(Nc3cc4c(C(C)(C)N)cnc(O[C@H]5CC(S(C)(=O)=O)[C@@H]5C)c4cn3)ccc2C(=O)OC1(C)C. The third kappa shape index (κ3) is 4.93. The van der Waals surface area contributed by atoms with E-state index in [0.717, 1.165) is 10.9 Å². The van der Waals surface area contributed by atoms with E-state index in [-0.39, 0.29) is 23.9 Å². The molecular weight excluding hydrogens is 518 g/mol. The Morgan fingerprint density at radius 1 is 1.13 bits per heavy atom. The molecule has 4 atom stereocenters. The van der Waals surface area contributed by atoms with Crippen molar-refractivity contribution in [3.63, 3.8) is 0 Å². The third-order valence-corrected chi connectivity index (χ3v) is 9.81. The minimum absolute atomic E-state index is 0.0943. The standard InChI is InChI=1S/C28H35N5O5S/c1-14-20(11-21(14)39(7,35)36)37-25-18-12-30-23(10-17(18)19(13-31-25)27(3,4)29)32-22-9-8-16-24(33-22)15(2)28(5,6)38-26(16)34/h8-10,12-15,20-21H,11,29H2,1-7H3,(H,30,32,33)/t14-,15-,20+,21?/m1/s1. The summed E-state index contributed by atoms with van der Waals surface area (Å²) in [6.45, 7) is 11.4. The van der Waals surface area contributed by atoms with E-state index >= 15 is 0 Å². The first-order valence-corrected chi connectivity index (χ1v) is 15.0. The first-order chi connectivity index (χ1) is 18.1. The van der Waals surface area contributed by atoms with Crippen molar-refractivity contribution in [1.82, 2.24) is 15.0 Å². The minimum Gasteiger partial charge on any atom is -0.473 e. The van der Waals surface area contributed by atoms with Crippen molar-refractivity contribution in [3.8, 4) is 5.88 Å². The van der Waals surface area contributed by atoms with Crippen molar-refractivity contribution in [2.24, 2.45) is 11.7 Å². The summed E-state index contributed by atoms with van der Waals surface area (Å²) >= 11 is 0. The number of esters is 1. The van der Waals surface area contributed by atoms with Crippen LogP contribution in [-0.4, -0.2) is 52.5 Å². The van der Waals surface area contributed by atoms with Gasteiger partial charge in [0.25, 0.3) is 0 Å². The van der Waals surface area contributed by atoms with Crippen molar-refractivity contribution < 1.29 is 22.7 Å². The van der Waals surface area contributed by atoms with Crippen molar-refractivity contribution in [2.75, 3.05) is 11.6 Å². The normalized spacial score (nSPS) is 24.5. The Labute approximate surface area is 228 Å². The molecule has 1 aliphatic carbocycles.